The number of nitrogens with zero attached hydrogens (tertiary/aromatic N) is 2. The van der Waals surface area contributed by atoms with Crippen LogP contribution in [0.15, 0.2) is 88.5 Å². The molecule has 0 radical (unpaired) electrons. The summed E-state index contributed by atoms with van der Waals surface area (Å²) in [5, 5.41) is 11.0. The lowest BCUT2D eigenvalue weighted by Gasteiger charge is -2.16. The van der Waals surface area contributed by atoms with Gasteiger partial charge in [-0.15, -0.1) is 0 Å². The van der Waals surface area contributed by atoms with Gasteiger partial charge in [-0.3, -0.25) is 4.79 Å². The van der Waals surface area contributed by atoms with Crippen LogP contribution in [0.1, 0.15) is 22.3 Å². The Kier molecular flexibility index (Phi) is 5.11. The summed E-state index contributed by atoms with van der Waals surface area (Å²) < 4.78 is 2.34. The molecule has 0 atom stereocenters. The van der Waals surface area contributed by atoms with E-state index in [-0.39, 0.29) is 17.9 Å². The first-order valence-corrected chi connectivity index (χ1v) is 9.73. The van der Waals surface area contributed by atoms with E-state index in [9.17, 15) is 14.7 Å². The van der Waals surface area contributed by atoms with Crippen molar-refractivity contribution >= 4 is 0 Å². The highest BCUT2D eigenvalue weighted by Crippen LogP contribution is 2.21. The SMILES string of the molecule is Cc1cccc(-n2c(O)c(Cc3ccccc3)c(=O)n(-c3cccc(C)c3)c2=O)c1. The molecular weight excluding hydrogens is 376 g/mol. The maximum absolute atomic E-state index is 13.4. The fraction of sp³-hybridized carbons (Fsp3) is 0.120. The Hall–Kier alpha value is -3.86. The van der Waals surface area contributed by atoms with Crippen LogP contribution in [0.3, 0.4) is 0 Å². The Morgan fingerprint density at radius 3 is 1.87 bits per heavy atom. The quantitative estimate of drug-likeness (QED) is 0.567. The van der Waals surface area contributed by atoms with Gasteiger partial charge in [0.25, 0.3) is 5.56 Å². The minimum atomic E-state index is -0.606. The first-order chi connectivity index (χ1) is 14.5. The molecule has 5 nitrogen and oxygen atoms in total. The summed E-state index contributed by atoms with van der Waals surface area (Å²) >= 11 is 0. The van der Waals surface area contributed by atoms with Crippen molar-refractivity contribution in [1.29, 1.82) is 0 Å². The minimum absolute atomic E-state index is 0.170. The predicted octanol–water partition coefficient (Wildman–Crippen LogP) is 3.90. The molecule has 0 spiro atoms. The molecule has 0 bridgehead atoms. The Bertz CT molecular complexity index is 1330. The summed E-state index contributed by atoms with van der Waals surface area (Å²) in [4.78, 5) is 26.8. The second kappa shape index (κ2) is 7.87. The molecule has 30 heavy (non-hydrogen) atoms. The number of aryl methyl sites for hydroxylation is 2. The van der Waals surface area contributed by atoms with Gasteiger partial charge in [0.1, 0.15) is 0 Å². The number of rotatable bonds is 4. The van der Waals surface area contributed by atoms with Gasteiger partial charge in [0, 0.05) is 6.42 Å². The third-order valence-corrected chi connectivity index (χ3v) is 5.07. The van der Waals surface area contributed by atoms with E-state index in [0.29, 0.717) is 11.4 Å². The van der Waals surface area contributed by atoms with Crippen LogP contribution < -0.4 is 11.2 Å². The number of aromatic nitrogens is 2. The Labute approximate surface area is 174 Å². The standard InChI is InChI=1S/C25H22N2O3/c1-17-8-6-12-20(14-17)26-23(28)22(16-19-10-4-3-5-11-19)24(29)27(25(26)30)21-13-7-9-18(2)15-21/h3-15,28H,16H2,1-2H3. The first kappa shape index (κ1) is 19.5. The summed E-state index contributed by atoms with van der Waals surface area (Å²) in [6.45, 7) is 3.81. The van der Waals surface area contributed by atoms with E-state index < -0.39 is 11.2 Å². The van der Waals surface area contributed by atoms with E-state index in [0.717, 1.165) is 21.3 Å². The van der Waals surface area contributed by atoms with Crippen molar-refractivity contribution in [3.63, 3.8) is 0 Å². The average Bonchev–Trinajstić information content (AvgIpc) is 2.72. The number of hydrogen-bond donors (Lipinski definition) is 1. The van der Waals surface area contributed by atoms with Gasteiger partial charge < -0.3 is 5.11 Å². The van der Waals surface area contributed by atoms with Crippen LogP contribution >= 0.6 is 0 Å². The van der Waals surface area contributed by atoms with E-state index >= 15 is 0 Å². The van der Waals surface area contributed by atoms with E-state index in [1.807, 2.05) is 62.4 Å². The zero-order valence-electron chi connectivity index (χ0n) is 16.9. The van der Waals surface area contributed by atoms with Crippen molar-refractivity contribution in [1.82, 2.24) is 9.13 Å². The van der Waals surface area contributed by atoms with E-state index in [4.69, 9.17) is 0 Å². The molecule has 0 unspecified atom stereocenters. The molecule has 0 aliphatic rings. The summed E-state index contributed by atoms with van der Waals surface area (Å²) in [6, 6.07) is 23.9. The topological polar surface area (TPSA) is 64.2 Å². The lowest BCUT2D eigenvalue weighted by Crippen LogP contribution is -2.40. The highest BCUT2D eigenvalue weighted by atomic mass is 16.3. The third kappa shape index (κ3) is 3.57. The molecule has 4 rings (SSSR count). The van der Waals surface area contributed by atoms with Crippen LogP contribution in [0, 0.1) is 13.8 Å². The van der Waals surface area contributed by atoms with Gasteiger partial charge in [0.2, 0.25) is 5.88 Å². The smallest absolute Gasteiger partial charge is 0.343 e. The summed E-state index contributed by atoms with van der Waals surface area (Å²) in [6.07, 6.45) is 0.212. The number of aromatic hydroxyl groups is 1. The lowest BCUT2D eigenvalue weighted by atomic mass is 10.1. The Balaban J connectivity index is 2.05. The van der Waals surface area contributed by atoms with Gasteiger partial charge in [-0.25, -0.2) is 13.9 Å². The van der Waals surface area contributed by atoms with Crippen LogP contribution in [0.5, 0.6) is 5.88 Å². The molecule has 150 valence electrons. The maximum Gasteiger partial charge on any atom is 0.343 e. The molecule has 4 aromatic rings. The minimum Gasteiger partial charge on any atom is -0.494 e. The van der Waals surface area contributed by atoms with Crippen molar-refractivity contribution in [3.05, 3.63) is 122 Å². The van der Waals surface area contributed by atoms with Gasteiger partial charge in [-0.1, -0.05) is 54.6 Å². The molecule has 0 saturated heterocycles. The Morgan fingerprint density at radius 2 is 1.30 bits per heavy atom. The van der Waals surface area contributed by atoms with Crippen molar-refractivity contribution < 1.29 is 5.11 Å². The monoisotopic (exact) mass is 398 g/mol. The molecule has 0 saturated carbocycles. The highest BCUT2D eigenvalue weighted by molar-refractivity contribution is 5.44. The molecule has 0 fully saturated rings. The number of hydrogen-bond acceptors (Lipinski definition) is 3. The van der Waals surface area contributed by atoms with Gasteiger partial charge in [0.05, 0.1) is 16.9 Å². The molecule has 5 heteroatoms. The zero-order valence-corrected chi connectivity index (χ0v) is 16.9. The normalized spacial score (nSPS) is 10.9. The van der Waals surface area contributed by atoms with Crippen molar-refractivity contribution in [2.45, 2.75) is 20.3 Å². The average molecular weight is 398 g/mol. The van der Waals surface area contributed by atoms with E-state index in [1.54, 1.807) is 30.3 Å². The summed E-state index contributed by atoms with van der Waals surface area (Å²) in [5.74, 6) is -0.330. The molecule has 1 aromatic heterocycles. The second-order valence-corrected chi connectivity index (χ2v) is 7.40. The molecule has 1 N–H and O–H groups in total. The fourth-order valence-corrected chi connectivity index (χ4v) is 3.59. The Morgan fingerprint density at radius 1 is 0.733 bits per heavy atom. The van der Waals surface area contributed by atoms with E-state index in [2.05, 4.69) is 0 Å². The largest absolute Gasteiger partial charge is 0.494 e. The van der Waals surface area contributed by atoms with Gasteiger partial charge in [0.15, 0.2) is 0 Å². The highest BCUT2D eigenvalue weighted by Gasteiger charge is 2.21. The third-order valence-electron chi connectivity index (χ3n) is 5.07. The van der Waals surface area contributed by atoms with Crippen molar-refractivity contribution in [2.75, 3.05) is 0 Å². The molecule has 0 aliphatic carbocycles. The van der Waals surface area contributed by atoms with Crippen LogP contribution in [-0.2, 0) is 6.42 Å². The first-order valence-electron chi connectivity index (χ1n) is 9.73. The predicted molar refractivity (Wildman–Crippen MR) is 118 cm³/mol. The molecule has 1 heterocycles. The fourth-order valence-electron chi connectivity index (χ4n) is 3.59. The van der Waals surface area contributed by atoms with Gasteiger partial charge in [-0.05, 0) is 54.8 Å². The van der Waals surface area contributed by atoms with Gasteiger partial charge >= 0.3 is 5.69 Å². The van der Waals surface area contributed by atoms with Gasteiger partial charge in [-0.2, -0.15) is 0 Å². The zero-order chi connectivity index (χ0) is 21.3. The summed E-state index contributed by atoms with van der Waals surface area (Å²) in [5.41, 5.74) is 2.77. The van der Waals surface area contributed by atoms with Crippen LogP contribution in [0.2, 0.25) is 0 Å². The molecular formula is C25H22N2O3. The van der Waals surface area contributed by atoms with Crippen molar-refractivity contribution in [3.8, 4) is 17.3 Å². The second-order valence-electron chi connectivity index (χ2n) is 7.40. The van der Waals surface area contributed by atoms with Crippen molar-refractivity contribution in [2.24, 2.45) is 0 Å². The molecule has 3 aromatic carbocycles. The van der Waals surface area contributed by atoms with Crippen LogP contribution in [0.25, 0.3) is 11.4 Å². The van der Waals surface area contributed by atoms with E-state index in [1.165, 1.54) is 4.57 Å². The number of benzene rings is 3. The maximum atomic E-state index is 13.4. The van der Waals surface area contributed by atoms with Crippen LogP contribution in [0.4, 0.5) is 0 Å². The summed E-state index contributed by atoms with van der Waals surface area (Å²) in [7, 11) is 0. The lowest BCUT2D eigenvalue weighted by molar-refractivity contribution is 0.421. The molecule has 0 aliphatic heterocycles. The molecule has 0 amide bonds. The van der Waals surface area contributed by atoms with Crippen LogP contribution in [-0.4, -0.2) is 14.2 Å².